The van der Waals surface area contributed by atoms with E-state index in [4.69, 9.17) is 4.42 Å². The monoisotopic (exact) mass is 391 g/mol. The Labute approximate surface area is 138 Å². The first kappa shape index (κ1) is 14.6. The largest absolute Gasteiger partial charge is 0.459 e. The van der Waals surface area contributed by atoms with Gasteiger partial charge < -0.3 is 9.73 Å². The number of furan rings is 1. The van der Waals surface area contributed by atoms with Gasteiger partial charge in [0, 0.05) is 8.96 Å². The molecule has 21 heavy (non-hydrogen) atoms. The molecule has 0 aliphatic rings. The van der Waals surface area contributed by atoms with Crippen LogP contribution < -0.4 is 5.32 Å². The number of benzene rings is 2. The standard InChI is InChI=1S/C18H18INO/c1-3-20-17(13-7-9-15(19)10-8-13)16-11-14-6-4-5-12(2)18(14)21-16/h4-11,17,20H,3H2,1-2H3. The highest BCUT2D eigenvalue weighted by Crippen LogP contribution is 2.30. The van der Waals surface area contributed by atoms with Gasteiger partial charge in [0.2, 0.25) is 0 Å². The summed E-state index contributed by atoms with van der Waals surface area (Å²) in [5.74, 6) is 0.974. The van der Waals surface area contributed by atoms with E-state index in [1.165, 1.54) is 20.1 Å². The molecule has 0 spiro atoms. The van der Waals surface area contributed by atoms with Gasteiger partial charge in [0.15, 0.2) is 0 Å². The normalized spacial score (nSPS) is 12.7. The molecule has 2 aromatic carbocycles. The second-order valence-corrected chi connectivity index (χ2v) is 6.43. The predicted octanol–water partition coefficient (Wildman–Crippen LogP) is 5.04. The number of rotatable bonds is 4. The van der Waals surface area contributed by atoms with Crippen LogP contribution in [0.4, 0.5) is 0 Å². The highest BCUT2D eigenvalue weighted by atomic mass is 127. The van der Waals surface area contributed by atoms with Gasteiger partial charge in [-0.2, -0.15) is 0 Å². The molecule has 0 aliphatic carbocycles. The van der Waals surface area contributed by atoms with Crippen molar-refractivity contribution in [3.05, 3.63) is 69.0 Å². The van der Waals surface area contributed by atoms with E-state index >= 15 is 0 Å². The number of nitrogens with one attached hydrogen (secondary N) is 1. The molecular weight excluding hydrogens is 373 g/mol. The van der Waals surface area contributed by atoms with Crippen LogP contribution in [0.1, 0.15) is 29.9 Å². The van der Waals surface area contributed by atoms with Crippen LogP contribution >= 0.6 is 22.6 Å². The van der Waals surface area contributed by atoms with E-state index in [1.807, 2.05) is 0 Å². The lowest BCUT2D eigenvalue weighted by Crippen LogP contribution is -2.21. The maximum absolute atomic E-state index is 6.13. The summed E-state index contributed by atoms with van der Waals surface area (Å²) < 4.78 is 7.38. The third-order valence-corrected chi connectivity index (χ3v) is 4.38. The summed E-state index contributed by atoms with van der Waals surface area (Å²) in [4.78, 5) is 0. The molecule has 0 saturated carbocycles. The van der Waals surface area contributed by atoms with Crippen molar-refractivity contribution in [3.63, 3.8) is 0 Å². The molecule has 0 amide bonds. The maximum Gasteiger partial charge on any atom is 0.137 e. The van der Waals surface area contributed by atoms with Gasteiger partial charge in [-0.1, -0.05) is 37.3 Å². The number of hydrogen-bond acceptors (Lipinski definition) is 2. The molecule has 1 unspecified atom stereocenters. The van der Waals surface area contributed by atoms with E-state index in [2.05, 4.69) is 90.3 Å². The highest BCUT2D eigenvalue weighted by Gasteiger charge is 2.18. The van der Waals surface area contributed by atoms with Gasteiger partial charge in [0.1, 0.15) is 11.3 Å². The molecule has 3 aromatic rings. The van der Waals surface area contributed by atoms with Crippen molar-refractivity contribution < 1.29 is 4.42 Å². The van der Waals surface area contributed by atoms with Crippen molar-refractivity contribution in [3.8, 4) is 0 Å². The number of para-hydroxylation sites is 1. The fourth-order valence-corrected chi connectivity index (χ4v) is 2.97. The molecule has 1 aromatic heterocycles. The summed E-state index contributed by atoms with van der Waals surface area (Å²) >= 11 is 2.33. The van der Waals surface area contributed by atoms with E-state index in [0.717, 1.165) is 17.9 Å². The van der Waals surface area contributed by atoms with Gasteiger partial charge in [-0.3, -0.25) is 0 Å². The number of halogens is 1. The summed E-state index contributed by atoms with van der Waals surface area (Å²) in [6, 6.07) is 17.1. The zero-order chi connectivity index (χ0) is 14.8. The first-order chi connectivity index (χ1) is 10.2. The summed E-state index contributed by atoms with van der Waals surface area (Å²) in [6.45, 7) is 5.10. The van der Waals surface area contributed by atoms with Gasteiger partial charge in [0.05, 0.1) is 6.04 Å². The van der Waals surface area contributed by atoms with Gasteiger partial charge >= 0.3 is 0 Å². The van der Waals surface area contributed by atoms with Crippen LogP contribution in [0.2, 0.25) is 0 Å². The summed E-state index contributed by atoms with van der Waals surface area (Å²) in [7, 11) is 0. The molecule has 0 fully saturated rings. The lowest BCUT2D eigenvalue weighted by Gasteiger charge is -2.16. The van der Waals surface area contributed by atoms with Gasteiger partial charge in [0.25, 0.3) is 0 Å². The van der Waals surface area contributed by atoms with Crippen LogP contribution in [0.15, 0.2) is 52.9 Å². The Morgan fingerprint density at radius 3 is 2.57 bits per heavy atom. The van der Waals surface area contributed by atoms with E-state index in [0.29, 0.717) is 0 Å². The van der Waals surface area contributed by atoms with Crippen molar-refractivity contribution >= 4 is 33.6 Å². The first-order valence-electron chi connectivity index (χ1n) is 7.17. The lowest BCUT2D eigenvalue weighted by atomic mass is 10.0. The third kappa shape index (κ3) is 2.99. The minimum absolute atomic E-state index is 0.0961. The van der Waals surface area contributed by atoms with E-state index < -0.39 is 0 Å². The van der Waals surface area contributed by atoms with Gasteiger partial charge in [-0.15, -0.1) is 0 Å². The molecule has 0 radical (unpaired) electrons. The first-order valence-corrected chi connectivity index (χ1v) is 8.25. The van der Waals surface area contributed by atoms with Gasteiger partial charge in [-0.25, -0.2) is 0 Å². The van der Waals surface area contributed by atoms with Crippen molar-refractivity contribution in [2.24, 2.45) is 0 Å². The van der Waals surface area contributed by atoms with E-state index in [1.54, 1.807) is 0 Å². The van der Waals surface area contributed by atoms with Crippen LogP contribution in [-0.2, 0) is 0 Å². The highest BCUT2D eigenvalue weighted by molar-refractivity contribution is 14.1. The minimum atomic E-state index is 0.0961. The SMILES string of the molecule is CCNC(c1ccc(I)cc1)c1cc2cccc(C)c2o1. The summed E-state index contributed by atoms with van der Waals surface area (Å²) in [5, 5.41) is 4.68. The maximum atomic E-state index is 6.13. The Hall–Kier alpha value is -1.33. The van der Waals surface area contributed by atoms with Crippen LogP contribution in [0.5, 0.6) is 0 Å². The fourth-order valence-electron chi connectivity index (χ4n) is 2.61. The molecular formula is C18H18INO. The molecule has 0 aliphatic heterocycles. The topological polar surface area (TPSA) is 25.2 Å². The Kier molecular flexibility index (Phi) is 4.31. The van der Waals surface area contributed by atoms with Gasteiger partial charge in [-0.05, 0) is 65.4 Å². The molecule has 1 atom stereocenters. The molecule has 2 nitrogen and oxygen atoms in total. The van der Waals surface area contributed by atoms with Crippen LogP contribution in [0.3, 0.4) is 0 Å². The molecule has 1 heterocycles. The van der Waals surface area contributed by atoms with Crippen LogP contribution in [0, 0.1) is 10.5 Å². The fraction of sp³-hybridized carbons (Fsp3) is 0.222. The average Bonchev–Trinajstić information content (AvgIpc) is 2.91. The number of aryl methyl sites for hydroxylation is 1. The zero-order valence-corrected chi connectivity index (χ0v) is 14.3. The molecule has 0 saturated heterocycles. The van der Waals surface area contributed by atoms with E-state index in [-0.39, 0.29) is 6.04 Å². The average molecular weight is 391 g/mol. The Balaban J connectivity index is 2.06. The number of fused-ring (bicyclic) bond motifs is 1. The second kappa shape index (κ2) is 6.20. The lowest BCUT2D eigenvalue weighted by molar-refractivity contribution is 0.476. The molecule has 3 heteroatoms. The molecule has 108 valence electrons. The number of hydrogen-bond donors (Lipinski definition) is 1. The minimum Gasteiger partial charge on any atom is -0.459 e. The van der Waals surface area contributed by atoms with Crippen molar-refractivity contribution in [1.82, 2.24) is 5.32 Å². The molecule has 1 N–H and O–H groups in total. The van der Waals surface area contributed by atoms with E-state index in [9.17, 15) is 0 Å². The smallest absolute Gasteiger partial charge is 0.137 e. The van der Waals surface area contributed by atoms with Crippen molar-refractivity contribution in [2.75, 3.05) is 6.54 Å². The predicted molar refractivity (Wildman–Crippen MR) is 95.6 cm³/mol. The van der Waals surface area contributed by atoms with Crippen molar-refractivity contribution in [1.29, 1.82) is 0 Å². The Bertz CT molecular complexity index is 746. The summed E-state index contributed by atoms with van der Waals surface area (Å²) in [6.07, 6.45) is 0. The Morgan fingerprint density at radius 1 is 1.14 bits per heavy atom. The molecule has 0 bridgehead atoms. The quantitative estimate of drug-likeness (QED) is 0.630. The second-order valence-electron chi connectivity index (χ2n) is 5.18. The van der Waals surface area contributed by atoms with Crippen molar-refractivity contribution in [2.45, 2.75) is 19.9 Å². The van der Waals surface area contributed by atoms with Crippen LogP contribution in [0.25, 0.3) is 11.0 Å². The van der Waals surface area contributed by atoms with Crippen LogP contribution in [-0.4, -0.2) is 6.54 Å². The molecule has 3 rings (SSSR count). The zero-order valence-electron chi connectivity index (χ0n) is 12.2. The third-order valence-electron chi connectivity index (χ3n) is 3.66. The summed E-state index contributed by atoms with van der Waals surface area (Å²) in [5.41, 5.74) is 3.39. The Morgan fingerprint density at radius 2 is 1.90 bits per heavy atom.